The Bertz CT molecular complexity index is 938. The summed E-state index contributed by atoms with van der Waals surface area (Å²) in [6.07, 6.45) is 1.68. The molecule has 0 saturated carbocycles. The van der Waals surface area contributed by atoms with Gasteiger partial charge in [-0.1, -0.05) is 6.07 Å². The molecule has 0 bridgehead atoms. The van der Waals surface area contributed by atoms with E-state index in [9.17, 15) is 4.79 Å². The van der Waals surface area contributed by atoms with Gasteiger partial charge in [-0.2, -0.15) is 0 Å². The zero-order chi connectivity index (χ0) is 20.0. The number of Topliss-reactive ketones (excluding diaryl/α,β-unsaturated/α-hetero) is 1. The van der Waals surface area contributed by atoms with Gasteiger partial charge in [-0.25, -0.2) is 0 Å². The van der Waals surface area contributed by atoms with E-state index in [0.29, 0.717) is 0 Å². The number of fused-ring (bicyclic) bond motifs is 3. The minimum absolute atomic E-state index is 0.158. The Balaban J connectivity index is 1.94. The standard InChI is InChI=1S/C21H28BNO4/c1-18(2)13-11-14(22-26-20(5,6)21(7,8)27-22)16-12(9-10-25-16)15(13)23-19(3,4)17(18)24/h9-11,23H,1-8H3. The summed E-state index contributed by atoms with van der Waals surface area (Å²) < 4.78 is 18.4. The average Bonchev–Trinajstić information content (AvgIpc) is 3.08. The van der Waals surface area contributed by atoms with Crippen molar-refractivity contribution < 1.29 is 18.5 Å². The van der Waals surface area contributed by atoms with Gasteiger partial charge in [0.2, 0.25) is 0 Å². The largest absolute Gasteiger partial charge is 0.498 e. The van der Waals surface area contributed by atoms with E-state index in [1.807, 2.05) is 67.5 Å². The Morgan fingerprint density at radius 1 is 0.963 bits per heavy atom. The van der Waals surface area contributed by atoms with Crippen molar-refractivity contribution >= 4 is 35.0 Å². The third-order valence-electron chi connectivity index (χ3n) is 6.52. The van der Waals surface area contributed by atoms with Crippen molar-refractivity contribution in [2.75, 3.05) is 5.32 Å². The second kappa shape index (κ2) is 5.18. The maximum Gasteiger partial charge on any atom is 0.498 e. The summed E-state index contributed by atoms with van der Waals surface area (Å²) in [7, 11) is -0.546. The highest BCUT2D eigenvalue weighted by Crippen LogP contribution is 2.45. The minimum Gasteiger partial charge on any atom is -0.465 e. The first-order chi connectivity index (χ1) is 12.3. The van der Waals surface area contributed by atoms with Crippen molar-refractivity contribution in [3.8, 4) is 0 Å². The van der Waals surface area contributed by atoms with Crippen LogP contribution in [0.5, 0.6) is 0 Å². The van der Waals surface area contributed by atoms with Gasteiger partial charge in [-0.15, -0.1) is 0 Å². The summed E-state index contributed by atoms with van der Waals surface area (Å²) in [5.41, 5.74) is 1.30. The van der Waals surface area contributed by atoms with Gasteiger partial charge in [0.25, 0.3) is 0 Å². The molecular formula is C21H28BNO4. The summed E-state index contributed by atoms with van der Waals surface area (Å²) in [6, 6.07) is 3.96. The van der Waals surface area contributed by atoms with Crippen molar-refractivity contribution in [1.82, 2.24) is 0 Å². The highest BCUT2D eigenvalue weighted by Gasteiger charge is 2.54. The maximum atomic E-state index is 13.1. The van der Waals surface area contributed by atoms with E-state index in [4.69, 9.17) is 13.7 Å². The van der Waals surface area contributed by atoms with Crippen LogP contribution in [-0.2, 0) is 19.5 Å². The number of furan rings is 1. The Labute approximate surface area is 160 Å². The molecule has 0 unspecified atom stereocenters. The van der Waals surface area contributed by atoms with E-state index < -0.39 is 29.3 Å². The zero-order valence-electron chi connectivity index (χ0n) is 17.4. The fourth-order valence-electron chi connectivity index (χ4n) is 4.21. The molecule has 0 radical (unpaired) electrons. The summed E-state index contributed by atoms with van der Waals surface area (Å²) in [6.45, 7) is 15.9. The fraction of sp³-hybridized carbons (Fsp3) is 0.571. The molecule has 0 atom stereocenters. The molecule has 1 aromatic heterocycles. The molecule has 1 N–H and O–H groups in total. The first-order valence-corrected chi connectivity index (χ1v) is 9.51. The van der Waals surface area contributed by atoms with Gasteiger partial charge in [-0.05, 0) is 67.0 Å². The lowest BCUT2D eigenvalue weighted by Gasteiger charge is -2.42. The number of ketones is 1. The van der Waals surface area contributed by atoms with Gasteiger partial charge < -0.3 is 19.0 Å². The smallest absolute Gasteiger partial charge is 0.465 e. The van der Waals surface area contributed by atoms with Crippen molar-refractivity contribution in [1.29, 1.82) is 0 Å². The van der Waals surface area contributed by atoms with Gasteiger partial charge >= 0.3 is 7.12 Å². The van der Waals surface area contributed by atoms with Gasteiger partial charge in [-0.3, -0.25) is 4.79 Å². The Morgan fingerprint density at radius 3 is 2.15 bits per heavy atom. The van der Waals surface area contributed by atoms with Crippen LogP contribution in [-0.4, -0.2) is 29.6 Å². The molecule has 27 heavy (non-hydrogen) atoms. The second-order valence-electron chi connectivity index (χ2n) is 9.84. The number of rotatable bonds is 1. The third-order valence-corrected chi connectivity index (χ3v) is 6.52. The van der Waals surface area contributed by atoms with Crippen LogP contribution in [0.1, 0.15) is 61.0 Å². The fourth-order valence-corrected chi connectivity index (χ4v) is 4.21. The number of benzene rings is 1. The molecule has 144 valence electrons. The van der Waals surface area contributed by atoms with Gasteiger partial charge in [0.1, 0.15) is 5.58 Å². The van der Waals surface area contributed by atoms with E-state index >= 15 is 0 Å². The molecule has 0 spiro atoms. The van der Waals surface area contributed by atoms with E-state index in [1.165, 1.54) is 0 Å². The van der Waals surface area contributed by atoms with E-state index in [2.05, 4.69) is 5.32 Å². The molecular weight excluding hydrogens is 341 g/mol. The van der Waals surface area contributed by atoms with Crippen LogP contribution in [0.4, 0.5) is 5.69 Å². The SMILES string of the molecule is CC1(C)Nc2c(cc(B3OC(C)(C)C(C)(C)O3)c3occc23)C(C)(C)C1=O. The van der Waals surface area contributed by atoms with Crippen LogP contribution in [0.3, 0.4) is 0 Å². The summed E-state index contributed by atoms with van der Waals surface area (Å²) >= 11 is 0. The molecule has 4 rings (SSSR count). The lowest BCUT2D eigenvalue weighted by Crippen LogP contribution is -2.54. The molecule has 0 aliphatic carbocycles. The summed E-state index contributed by atoms with van der Waals surface area (Å²) in [5, 5.41) is 4.38. The summed E-state index contributed by atoms with van der Waals surface area (Å²) in [5.74, 6) is 0.158. The zero-order valence-corrected chi connectivity index (χ0v) is 17.4. The van der Waals surface area contributed by atoms with Crippen LogP contribution in [0.15, 0.2) is 22.8 Å². The number of hydrogen-bond acceptors (Lipinski definition) is 5. The van der Waals surface area contributed by atoms with E-state index in [1.54, 1.807) is 6.26 Å². The van der Waals surface area contributed by atoms with Crippen molar-refractivity contribution in [2.24, 2.45) is 0 Å². The van der Waals surface area contributed by atoms with Crippen LogP contribution in [0.2, 0.25) is 0 Å². The lowest BCUT2D eigenvalue weighted by atomic mass is 9.66. The monoisotopic (exact) mass is 369 g/mol. The van der Waals surface area contributed by atoms with Crippen molar-refractivity contribution in [3.05, 3.63) is 24.0 Å². The van der Waals surface area contributed by atoms with Crippen LogP contribution < -0.4 is 10.8 Å². The van der Waals surface area contributed by atoms with E-state index in [0.717, 1.165) is 27.7 Å². The average molecular weight is 369 g/mol. The van der Waals surface area contributed by atoms with Crippen LogP contribution in [0.25, 0.3) is 11.0 Å². The molecule has 5 nitrogen and oxygen atoms in total. The normalized spacial score (nSPS) is 24.7. The molecule has 0 amide bonds. The summed E-state index contributed by atoms with van der Waals surface area (Å²) in [4.78, 5) is 13.1. The minimum atomic E-state index is -0.646. The molecule has 2 aliphatic heterocycles. The van der Waals surface area contributed by atoms with Crippen LogP contribution >= 0.6 is 0 Å². The molecule has 3 heterocycles. The first kappa shape index (κ1) is 18.6. The second-order valence-corrected chi connectivity index (χ2v) is 9.84. The van der Waals surface area contributed by atoms with Crippen molar-refractivity contribution in [3.63, 3.8) is 0 Å². The lowest BCUT2D eigenvalue weighted by molar-refractivity contribution is -0.127. The molecule has 1 saturated heterocycles. The van der Waals surface area contributed by atoms with Gasteiger partial charge in [0.15, 0.2) is 5.78 Å². The number of carbonyl (C=O) groups excluding carboxylic acids is 1. The molecule has 6 heteroatoms. The van der Waals surface area contributed by atoms with Crippen LogP contribution in [0, 0.1) is 0 Å². The first-order valence-electron chi connectivity index (χ1n) is 9.51. The molecule has 1 aromatic carbocycles. The molecule has 1 fully saturated rings. The Hall–Kier alpha value is -1.79. The highest BCUT2D eigenvalue weighted by molar-refractivity contribution is 6.65. The predicted octanol–water partition coefficient (Wildman–Crippen LogP) is 3.78. The predicted molar refractivity (Wildman–Crippen MR) is 108 cm³/mol. The number of anilines is 1. The quantitative estimate of drug-likeness (QED) is 0.776. The number of hydrogen-bond donors (Lipinski definition) is 1. The topological polar surface area (TPSA) is 60.7 Å². The Morgan fingerprint density at radius 2 is 1.56 bits per heavy atom. The Kier molecular flexibility index (Phi) is 3.56. The maximum absolute atomic E-state index is 13.1. The van der Waals surface area contributed by atoms with Gasteiger partial charge in [0.05, 0.1) is 34.1 Å². The molecule has 2 aliphatic rings. The van der Waals surface area contributed by atoms with Crippen molar-refractivity contribution in [2.45, 2.75) is 77.5 Å². The number of carbonyl (C=O) groups is 1. The van der Waals surface area contributed by atoms with E-state index in [-0.39, 0.29) is 5.78 Å². The number of nitrogens with one attached hydrogen (secondary N) is 1. The highest BCUT2D eigenvalue weighted by atomic mass is 16.7. The molecule has 2 aromatic rings. The van der Waals surface area contributed by atoms with Gasteiger partial charge in [0, 0.05) is 10.8 Å². The third kappa shape index (κ3) is 2.42.